The fourth-order valence-electron chi connectivity index (χ4n) is 4.59. The lowest BCUT2D eigenvalue weighted by Gasteiger charge is -2.33. The van der Waals surface area contributed by atoms with E-state index in [2.05, 4.69) is 10.1 Å². The van der Waals surface area contributed by atoms with E-state index in [-0.39, 0.29) is 17.5 Å². The third-order valence-corrected chi connectivity index (χ3v) is 6.17. The molecule has 3 aromatic heterocycles. The standard InChI is InChI=1S/C23H20F3N5O/c1-12-20-15(21(30(3)28-20)14-9-16(24)19(26)17(25)10-14)6-8-31(12)23(32)18-11-13-5-4-7-27-22(13)29(18)2/h4-5,7,9-12H,6,8H2,1-3H3/t12-/m0/s1. The average molecular weight is 439 g/mol. The Hall–Kier alpha value is -3.62. The first kappa shape index (κ1) is 20.3. The van der Waals surface area contributed by atoms with Gasteiger partial charge in [-0.05, 0) is 43.7 Å². The predicted octanol–water partition coefficient (Wildman–Crippen LogP) is 4.15. The molecule has 1 amide bonds. The van der Waals surface area contributed by atoms with Crippen molar-refractivity contribution < 1.29 is 18.0 Å². The third kappa shape index (κ3) is 2.91. The molecule has 164 valence electrons. The summed E-state index contributed by atoms with van der Waals surface area (Å²) in [6.07, 6.45) is 2.14. The van der Waals surface area contributed by atoms with Gasteiger partial charge in [0, 0.05) is 43.4 Å². The molecule has 0 saturated carbocycles. The van der Waals surface area contributed by atoms with E-state index in [0.29, 0.717) is 30.0 Å². The molecule has 0 N–H and O–H groups in total. The topological polar surface area (TPSA) is 56.0 Å². The Morgan fingerprint density at radius 2 is 1.84 bits per heavy atom. The number of hydrogen-bond acceptors (Lipinski definition) is 3. The van der Waals surface area contributed by atoms with Gasteiger partial charge in [0.15, 0.2) is 17.5 Å². The number of amides is 1. The zero-order chi connectivity index (χ0) is 22.7. The molecule has 32 heavy (non-hydrogen) atoms. The molecular weight excluding hydrogens is 419 g/mol. The summed E-state index contributed by atoms with van der Waals surface area (Å²) in [5.41, 5.74) is 3.43. The van der Waals surface area contributed by atoms with E-state index in [9.17, 15) is 18.0 Å². The van der Waals surface area contributed by atoms with Crippen LogP contribution in [0, 0.1) is 17.5 Å². The Morgan fingerprint density at radius 1 is 1.12 bits per heavy atom. The molecule has 0 saturated heterocycles. The second-order valence-electron chi connectivity index (χ2n) is 8.02. The predicted molar refractivity (Wildman–Crippen MR) is 112 cm³/mol. The average Bonchev–Trinajstić information content (AvgIpc) is 3.29. The van der Waals surface area contributed by atoms with Crippen LogP contribution in [0.4, 0.5) is 13.2 Å². The van der Waals surface area contributed by atoms with E-state index in [1.807, 2.05) is 25.1 Å². The molecule has 0 aliphatic carbocycles. The Bertz CT molecular complexity index is 1370. The minimum absolute atomic E-state index is 0.144. The van der Waals surface area contributed by atoms with Crippen molar-refractivity contribution in [3.8, 4) is 11.3 Å². The highest BCUT2D eigenvalue weighted by Crippen LogP contribution is 2.37. The van der Waals surface area contributed by atoms with Crippen LogP contribution < -0.4 is 0 Å². The first-order chi connectivity index (χ1) is 15.3. The number of fused-ring (bicyclic) bond motifs is 2. The van der Waals surface area contributed by atoms with Gasteiger partial charge in [-0.25, -0.2) is 18.2 Å². The van der Waals surface area contributed by atoms with Crippen LogP contribution in [0.15, 0.2) is 36.5 Å². The first-order valence-corrected chi connectivity index (χ1v) is 10.2. The Labute approximate surface area is 181 Å². The molecule has 0 bridgehead atoms. The second kappa shape index (κ2) is 7.22. The summed E-state index contributed by atoms with van der Waals surface area (Å²) in [6, 6.07) is 7.14. The Balaban J connectivity index is 1.53. The molecule has 6 nitrogen and oxygen atoms in total. The molecule has 1 atom stereocenters. The van der Waals surface area contributed by atoms with E-state index in [1.54, 1.807) is 29.8 Å². The van der Waals surface area contributed by atoms with Crippen molar-refractivity contribution in [2.45, 2.75) is 19.4 Å². The van der Waals surface area contributed by atoms with Gasteiger partial charge in [0.2, 0.25) is 0 Å². The number of nitrogens with zero attached hydrogens (tertiary/aromatic N) is 5. The van der Waals surface area contributed by atoms with E-state index >= 15 is 0 Å². The summed E-state index contributed by atoms with van der Waals surface area (Å²) in [7, 11) is 3.47. The fourth-order valence-corrected chi connectivity index (χ4v) is 4.59. The number of hydrogen-bond donors (Lipinski definition) is 0. The van der Waals surface area contributed by atoms with Gasteiger partial charge in [-0.3, -0.25) is 9.48 Å². The molecule has 1 aliphatic heterocycles. The Kier molecular flexibility index (Phi) is 4.58. The van der Waals surface area contributed by atoms with Gasteiger partial charge >= 0.3 is 0 Å². The van der Waals surface area contributed by atoms with Crippen molar-refractivity contribution in [3.05, 3.63) is 70.9 Å². The molecule has 5 rings (SSSR count). The van der Waals surface area contributed by atoms with Crippen LogP contribution in [0.3, 0.4) is 0 Å². The van der Waals surface area contributed by atoms with Crippen LogP contribution in [-0.4, -0.2) is 36.7 Å². The molecular formula is C23H20F3N5O. The molecule has 9 heteroatoms. The van der Waals surface area contributed by atoms with Crippen LogP contribution in [0.25, 0.3) is 22.3 Å². The van der Waals surface area contributed by atoms with Crippen LogP contribution >= 0.6 is 0 Å². The van der Waals surface area contributed by atoms with Crippen molar-refractivity contribution in [1.82, 2.24) is 24.2 Å². The quantitative estimate of drug-likeness (QED) is 0.441. The van der Waals surface area contributed by atoms with Gasteiger partial charge in [0.05, 0.1) is 17.4 Å². The zero-order valence-electron chi connectivity index (χ0n) is 17.7. The lowest BCUT2D eigenvalue weighted by atomic mass is 9.95. The summed E-state index contributed by atoms with van der Waals surface area (Å²) in [5.74, 6) is -4.14. The largest absolute Gasteiger partial charge is 0.329 e. The molecule has 0 fully saturated rings. The number of carbonyl (C=O) groups is 1. The molecule has 1 aliphatic rings. The molecule has 0 unspecified atom stereocenters. The normalized spacial score (nSPS) is 15.9. The Morgan fingerprint density at radius 3 is 2.53 bits per heavy atom. The lowest BCUT2D eigenvalue weighted by molar-refractivity contribution is 0.0664. The summed E-state index contributed by atoms with van der Waals surface area (Å²) < 4.78 is 44.4. The third-order valence-electron chi connectivity index (χ3n) is 6.17. The second-order valence-corrected chi connectivity index (χ2v) is 8.02. The number of benzene rings is 1. The first-order valence-electron chi connectivity index (χ1n) is 10.2. The van der Waals surface area contributed by atoms with Crippen molar-refractivity contribution in [2.24, 2.45) is 14.1 Å². The van der Waals surface area contributed by atoms with Crippen LogP contribution in [0.1, 0.15) is 34.7 Å². The number of pyridine rings is 1. The number of rotatable bonds is 2. The molecule has 1 aromatic carbocycles. The minimum Gasteiger partial charge on any atom is -0.329 e. The molecule has 0 spiro atoms. The number of carbonyl (C=O) groups excluding carboxylic acids is 1. The van der Waals surface area contributed by atoms with E-state index in [0.717, 1.165) is 28.7 Å². The van der Waals surface area contributed by atoms with Gasteiger partial charge in [-0.15, -0.1) is 0 Å². The van der Waals surface area contributed by atoms with Crippen LogP contribution in [-0.2, 0) is 20.5 Å². The van der Waals surface area contributed by atoms with E-state index in [4.69, 9.17) is 0 Å². The van der Waals surface area contributed by atoms with Crippen LogP contribution in [0.2, 0.25) is 0 Å². The summed E-state index contributed by atoms with van der Waals surface area (Å²) in [6.45, 7) is 2.28. The maximum atomic E-state index is 13.8. The summed E-state index contributed by atoms with van der Waals surface area (Å²) >= 11 is 0. The highest BCUT2D eigenvalue weighted by atomic mass is 19.2. The van der Waals surface area contributed by atoms with Gasteiger partial charge in [-0.2, -0.15) is 5.10 Å². The fraction of sp³-hybridized carbons (Fsp3) is 0.261. The number of aryl methyl sites for hydroxylation is 2. The van der Waals surface area contributed by atoms with Crippen molar-refractivity contribution in [1.29, 1.82) is 0 Å². The van der Waals surface area contributed by atoms with E-state index < -0.39 is 17.5 Å². The molecule has 4 heterocycles. The number of aromatic nitrogens is 4. The summed E-state index contributed by atoms with van der Waals surface area (Å²) in [4.78, 5) is 19.5. The van der Waals surface area contributed by atoms with Crippen molar-refractivity contribution in [2.75, 3.05) is 6.54 Å². The summed E-state index contributed by atoms with van der Waals surface area (Å²) in [5, 5.41) is 5.43. The maximum absolute atomic E-state index is 13.8. The van der Waals surface area contributed by atoms with Gasteiger partial charge in [0.1, 0.15) is 11.3 Å². The SMILES string of the molecule is C[C@H]1c2nn(C)c(-c3cc(F)c(F)c(F)c3)c2CCN1C(=O)c1cc2cccnc2n1C. The monoisotopic (exact) mass is 439 g/mol. The molecule has 4 aromatic rings. The van der Waals surface area contributed by atoms with Crippen molar-refractivity contribution >= 4 is 16.9 Å². The molecule has 0 radical (unpaired) electrons. The number of halogens is 3. The highest BCUT2D eigenvalue weighted by Gasteiger charge is 2.34. The van der Waals surface area contributed by atoms with Gasteiger partial charge in [-0.1, -0.05) is 0 Å². The highest BCUT2D eigenvalue weighted by molar-refractivity contribution is 5.98. The smallest absolute Gasteiger partial charge is 0.271 e. The maximum Gasteiger partial charge on any atom is 0.271 e. The zero-order valence-corrected chi connectivity index (χ0v) is 17.7. The van der Waals surface area contributed by atoms with Crippen LogP contribution in [0.5, 0.6) is 0 Å². The van der Waals surface area contributed by atoms with Gasteiger partial charge < -0.3 is 9.47 Å². The van der Waals surface area contributed by atoms with E-state index in [1.165, 1.54) is 4.68 Å². The lowest BCUT2D eigenvalue weighted by Crippen LogP contribution is -2.39. The minimum atomic E-state index is -1.50. The van der Waals surface area contributed by atoms with Gasteiger partial charge in [0.25, 0.3) is 5.91 Å². The van der Waals surface area contributed by atoms with Crippen molar-refractivity contribution in [3.63, 3.8) is 0 Å².